The summed E-state index contributed by atoms with van der Waals surface area (Å²) in [6, 6.07) is 21.3. The van der Waals surface area contributed by atoms with Crippen LogP contribution >= 0.6 is 15.9 Å². The Morgan fingerprint density at radius 3 is 2.31 bits per heavy atom. The molecule has 1 N–H and O–H groups in total. The Kier molecular flexibility index (Phi) is 5.02. The van der Waals surface area contributed by atoms with Crippen molar-refractivity contribution in [1.82, 2.24) is 4.90 Å². The van der Waals surface area contributed by atoms with E-state index in [0.717, 1.165) is 21.2 Å². The first-order valence-electron chi connectivity index (χ1n) is 10.6. The number of benzene rings is 3. The van der Waals surface area contributed by atoms with Crippen molar-refractivity contribution < 1.29 is 19.4 Å². The minimum atomic E-state index is -1.64. The number of aliphatic hydroxyl groups is 1. The van der Waals surface area contributed by atoms with Gasteiger partial charge in [0.05, 0.1) is 19.8 Å². The highest BCUT2D eigenvalue weighted by Gasteiger charge is 2.62. The smallest absolute Gasteiger partial charge is 0.260 e. The lowest BCUT2D eigenvalue weighted by atomic mass is 9.72. The van der Waals surface area contributed by atoms with E-state index in [2.05, 4.69) is 15.9 Å². The number of nitrogens with zero attached hydrogens (tertiary/aromatic N) is 1. The van der Waals surface area contributed by atoms with E-state index in [9.17, 15) is 9.90 Å². The number of amides is 1. The highest BCUT2D eigenvalue weighted by molar-refractivity contribution is 9.10. The Bertz CT molecular complexity index is 1200. The van der Waals surface area contributed by atoms with E-state index in [1.54, 1.807) is 14.2 Å². The van der Waals surface area contributed by atoms with Crippen molar-refractivity contribution in [2.45, 2.75) is 24.0 Å². The van der Waals surface area contributed by atoms with Gasteiger partial charge in [-0.2, -0.15) is 0 Å². The number of methoxy groups -OCH3 is 2. The molecule has 0 bridgehead atoms. The molecular weight excluding hydrogens is 470 g/mol. The molecule has 164 valence electrons. The molecule has 0 saturated carbocycles. The van der Waals surface area contributed by atoms with Crippen LogP contribution in [-0.4, -0.2) is 36.7 Å². The van der Waals surface area contributed by atoms with Gasteiger partial charge >= 0.3 is 0 Å². The summed E-state index contributed by atoms with van der Waals surface area (Å²) in [5.41, 5.74) is 1.15. The van der Waals surface area contributed by atoms with Crippen molar-refractivity contribution in [2.24, 2.45) is 0 Å². The molecule has 5 nitrogen and oxygen atoms in total. The fourth-order valence-corrected chi connectivity index (χ4v) is 5.71. The second kappa shape index (κ2) is 7.64. The Balaban J connectivity index is 1.78. The normalized spacial score (nSPS) is 24.1. The van der Waals surface area contributed by atoms with Gasteiger partial charge in [0.1, 0.15) is 0 Å². The van der Waals surface area contributed by atoms with Crippen LogP contribution in [0, 0.1) is 0 Å². The van der Waals surface area contributed by atoms with E-state index in [1.807, 2.05) is 71.6 Å². The summed E-state index contributed by atoms with van der Waals surface area (Å²) in [6.45, 7) is 0.506. The van der Waals surface area contributed by atoms with Gasteiger partial charge in [-0.15, -0.1) is 0 Å². The van der Waals surface area contributed by atoms with Crippen LogP contribution in [0.4, 0.5) is 0 Å². The molecule has 2 aliphatic rings. The first-order chi connectivity index (χ1) is 15.4. The number of rotatable bonds is 4. The number of fused-ring (bicyclic) bond motifs is 3. The first kappa shape index (κ1) is 21.0. The molecule has 2 heterocycles. The summed E-state index contributed by atoms with van der Waals surface area (Å²) < 4.78 is 12.0. The van der Waals surface area contributed by atoms with Crippen molar-refractivity contribution in [3.63, 3.8) is 0 Å². The number of ether oxygens (including phenoxy) is 2. The summed E-state index contributed by atoms with van der Waals surface area (Å²) in [4.78, 5) is 15.7. The van der Waals surface area contributed by atoms with E-state index in [4.69, 9.17) is 9.47 Å². The standard InChI is InChI=1S/C26H24BrNO4/c1-31-22-13-17-11-12-28-24(29)26(30,19-9-6-10-20(27)14-19)16-25(28,18-7-4-3-5-8-18)21(17)15-23(22)32-2/h3-10,13-15,30H,11-12,16H2,1-2H3/t25-,26-/m1/s1. The van der Waals surface area contributed by atoms with E-state index >= 15 is 0 Å². The minimum absolute atomic E-state index is 0.210. The van der Waals surface area contributed by atoms with Crippen LogP contribution < -0.4 is 9.47 Å². The lowest BCUT2D eigenvalue weighted by Crippen LogP contribution is -2.49. The number of hydrogen-bond donors (Lipinski definition) is 1. The molecule has 1 saturated heterocycles. The van der Waals surface area contributed by atoms with Gasteiger partial charge in [-0.3, -0.25) is 4.79 Å². The third-order valence-corrected chi connectivity index (χ3v) is 7.28. The average molecular weight is 494 g/mol. The van der Waals surface area contributed by atoms with Crippen molar-refractivity contribution in [3.05, 3.63) is 93.5 Å². The SMILES string of the molecule is COc1cc2c(cc1OC)[C@]1(c3ccccc3)C[C@@](O)(c3cccc(Br)c3)C(=O)N1CC2. The largest absolute Gasteiger partial charge is 0.493 e. The summed E-state index contributed by atoms with van der Waals surface area (Å²) in [6.07, 6.45) is 0.881. The topological polar surface area (TPSA) is 59.0 Å². The Morgan fingerprint density at radius 2 is 1.62 bits per heavy atom. The highest BCUT2D eigenvalue weighted by atomic mass is 79.9. The molecule has 0 aromatic heterocycles. The molecule has 0 unspecified atom stereocenters. The van der Waals surface area contributed by atoms with Crippen LogP contribution in [0.25, 0.3) is 0 Å². The molecule has 1 fully saturated rings. The van der Waals surface area contributed by atoms with E-state index in [1.165, 1.54) is 0 Å². The number of carbonyl (C=O) groups is 1. The molecule has 0 aliphatic carbocycles. The quantitative estimate of drug-likeness (QED) is 0.585. The molecule has 3 aromatic rings. The highest BCUT2D eigenvalue weighted by Crippen LogP contribution is 2.56. The molecule has 2 atom stereocenters. The van der Waals surface area contributed by atoms with Crippen LogP contribution in [0.2, 0.25) is 0 Å². The zero-order valence-corrected chi connectivity index (χ0v) is 19.6. The fourth-order valence-electron chi connectivity index (χ4n) is 5.31. The summed E-state index contributed by atoms with van der Waals surface area (Å²) in [5.74, 6) is 0.989. The monoisotopic (exact) mass is 493 g/mol. The zero-order valence-electron chi connectivity index (χ0n) is 18.0. The number of carbonyl (C=O) groups excluding carboxylic acids is 1. The van der Waals surface area contributed by atoms with Gasteiger partial charge in [-0.05, 0) is 52.9 Å². The molecule has 5 rings (SSSR count). The van der Waals surface area contributed by atoms with Crippen molar-refractivity contribution in [3.8, 4) is 11.5 Å². The third kappa shape index (κ3) is 2.90. The Hall–Kier alpha value is -2.83. The van der Waals surface area contributed by atoms with Gasteiger partial charge < -0.3 is 19.5 Å². The van der Waals surface area contributed by atoms with E-state index in [0.29, 0.717) is 30.0 Å². The molecule has 1 amide bonds. The molecule has 32 heavy (non-hydrogen) atoms. The van der Waals surface area contributed by atoms with E-state index < -0.39 is 11.1 Å². The van der Waals surface area contributed by atoms with Gasteiger partial charge in [0.25, 0.3) is 5.91 Å². The Morgan fingerprint density at radius 1 is 0.938 bits per heavy atom. The maximum atomic E-state index is 13.8. The minimum Gasteiger partial charge on any atom is -0.493 e. The fraction of sp³-hybridized carbons (Fsp3) is 0.269. The van der Waals surface area contributed by atoms with Gasteiger partial charge in [-0.1, -0.05) is 58.4 Å². The molecule has 2 aliphatic heterocycles. The van der Waals surface area contributed by atoms with Crippen molar-refractivity contribution in [2.75, 3.05) is 20.8 Å². The van der Waals surface area contributed by atoms with Gasteiger partial charge in [0, 0.05) is 17.4 Å². The summed E-state index contributed by atoms with van der Waals surface area (Å²) in [5, 5.41) is 11.9. The number of hydrogen-bond acceptors (Lipinski definition) is 4. The third-order valence-electron chi connectivity index (χ3n) is 6.78. The maximum Gasteiger partial charge on any atom is 0.260 e. The van der Waals surface area contributed by atoms with Crippen molar-refractivity contribution in [1.29, 1.82) is 0 Å². The molecular formula is C26H24BrNO4. The van der Waals surface area contributed by atoms with Crippen LogP contribution in [0.5, 0.6) is 11.5 Å². The number of halogens is 1. The molecule has 6 heteroatoms. The van der Waals surface area contributed by atoms with Crippen molar-refractivity contribution >= 4 is 21.8 Å². The maximum absolute atomic E-state index is 13.8. The van der Waals surface area contributed by atoms with Crippen LogP contribution in [0.15, 0.2) is 71.2 Å². The lowest BCUT2D eigenvalue weighted by Gasteiger charge is -2.44. The predicted molar refractivity (Wildman–Crippen MR) is 125 cm³/mol. The summed E-state index contributed by atoms with van der Waals surface area (Å²) in [7, 11) is 3.23. The zero-order chi connectivity index (χ0) is 22.5. The Labute approximate surface area is 195 Å². The van der Waals surface area contributed by atoms with E-state index in [-0.39, 0.29) is 12.3 Å². The second-order valence-corrected chi connectivity index (χ2v) is 9.26. The van der Waals surface area contributed by atoms with Crippen LogP contribution in [0.3, 0.4) is 0 Å². The van der Waals surface area contributed by atoms with Gasteiger partial charge in [-0.25, -0.2) is 0 Å². The summed E-state index contributed by atoms with van der Waals surface area (Å²) >= 11 is 3.48. The van der Waals surface area contributed by atoms with Gasteiger partial charge in [0.15, 0.2) is 17.1 Å². The average Bonchev–Trinajstić information content (AvgIpc) is 3.07. The van der Waals surface area contributed by atoms with Crippen LogP contribution in [-0.2, 0) is 22.4 Å². The first-order valence-corrected chi connectivity index (χ1v) is 11.3. The van der Waals surface area contributed by atoms with Crippen LogP contribution in [0.1, 0.15) is 28.7 Å². The lowest BCUT2D eigenvalue weighted by molar-refractivity contribution is -0.145. The second-order valence-electron chi connectivity index (χ2n) is 8.34. The van der Waals surface area contributed by atoms with Gasteiger partial charge in [0.2, 0.25) is 0 Å². The predicted octanol–water partition coefficient (Wildman–Crippen LogP) is 4.39. The molecule has 0 radical (unpaired) electrons. The molecule has 3 aromatic carbocycles. The molecule has 0 spiro atoms.